The summed E-state index contributed by atoms with van der Waals surface area (Å²) in [5, 5.41) is 21.2. The van der Waals surface area contributed by atoms with Gasteiger partial charge in [0.15, 0.2) is 0 Å². The van der Waals surface area contributed by atoms with Crippen LogP contribution in [-0.4, -0.2) is 18.1 Å². The largest absolute Gasteiger partial charge is 0.508 e. The van der Waals surface area contributed by atoms with E-state index in [0.29, 0.717) is 12.1 Å². The Morgan fingerprint density at radius 1 is 1.30 bits per heavy atom. The van der Waals surface area contributed by atoms with Crippen molar-refractivity contribution in [1.29, 1.82) is 5.26 Å². The number of rotatable bonds is 5. The van der Waals surface area contributed by atoms with Crippen LogP contribution in [0.5, 0.6) is 11.5 Å². The number of hydrogen-bond donors (Lipinski definition) is 2. The molecule has 0 saturated carbocycles. The van der Waals surface area contributed by atoms with Gasteiger partial charge in [-0.1, -0.05) is 24.3 Å². The lowest BCUT2D eigenvalue weighted by atomic mass is 10.1. The van der Waals surface area contributed by atoms with E-state index in [1.165, 1.54) is 18.2 Å². The number of aromatic hydroxyl groups is 1. The first-order valence-electron chi connectivity index (χ1n) is 6.94. The minimum absolute atomic E-state index is 0.0240. The number of phenols is 1. The van der Waals surface area contributed by atoms with Crippen LogP contribution in [0.1, 0.15) is 11.1 Å². The molecule has 1 amide bonds. The van der Waals surface area contributed by atoms with E-state index < -0.39 is 5.91 Å². The third kappa shape index (κ3) is 4.61. The lowest BCUT2D eigenvalue weighted by Crippen LogP contribution is -2.23. The molecule has 0 atom stereocenters. The molecule has 2 aromatic rings. The standard InChI is InChI=1S/C18H16N2O3/c1-23-17-7-5-13(6-8-17)12-20-18(22)15(11-19)9-14-3-2-4-16(21)10-14/h2-10,21H,12H2,1H3,(H,20,22)/b15-9-. The molecule has 0 unspecified atom stereocenters. The van der Waals surface area contributed by atoms with Crippen molar-refractivity contribution in [3.8, 4) is 17.6 Å². The molecule has 0 aromatic heterocycles. The molecule has 0 saturated heterocycles. The summed E-state index contributed by atoms with van der Waals surface area (Å²) in [6.07, 6.45) is 1.43. The van der Waals surface area contributed by atoms with Crippen LogP contribution in [0.2, 0.25) is 0 Å². The minimum atomic E-state index is -0.466. The number of amides is 1. The highest BCUT2D eigenvalue weighted by Crippen LogP contribution is 2.14. The molecule has 2 N–H and O–H groups in total. The molecule has 5 nitrogen and oxygen atoms in total. The monoisotopic (exact) mass is 308 g/mol. The Morgan fingerprint density at radius 3 is 2.65 bits per heavy atom. The molecule has 0 aliphatic carbocycles. The molecule has 23 heavy (non-hydrogen) atoms. The van der Waals surface area contributed by atoms with Gasteiger partial charge >= 0.3 is 0 Å². The van der Waals surface area contributed by atoms with Gasteiger partial charge in [0.1, 0.15) is 23.1 Å². The summed E-state index contributed by atoms with van der Waals surface area (Å²) in [6, 6.07) is 15.5. The van der Waals surface area contributed by atoms with E-state index >= 15 is 0 Å². The number of nitrogens with one attached hydrogen (secondary N) is 1. The second-order valence-corrected chi connectivity index (χ2v) is 4.80. The van der Waals surface area contributed by atoms with E-state index in [1.807, 2.05) is 18.2 Å². The zero-order chi connectivity index (χ0) is 16.7. The Kier molecular flexibility index (Phi) is 5.37. The third-order valence-corrected chi connectivity index (χ3v) is 3.16. The molecular formula is C18H16N2O3. The molecule has 0 aliphatic heterocycles. The van der Waals surface area contributed by atoms with Crippen LogP contribution in [0.4, 0.5) is 0 Å². The topological polar surface area (TPSA) is 82.3 Å². The van der Waals surface area contributed by atoms with Gasteiger partial charge in [-0.15, -0.1) is 0 Å². The van der Waals surface area contributed by atoms with Crippen LogP contribution in [-0.2, 0) is 11.3 Å². The van der Waals surface area contributed by atoms with Gasteiger partial charge in [0.2, 0.25) is 0 Å². The average Bonchev–Trinajstić information content (AvgIpc) is 2.58. The summed E-state index contributed by atoms with van der Waals surface area (Å²) >= 11 is 0. The minimum Gasteiger partial charge on any atom is -0.508 e. The Hall–Kier alpha value is -3.26. The highest BCUT2D eigenvalue weighted by atomic mass is 16.5. The molecule has 0 heterocycles. The fourth-order valence-corrected chi connectivity index (χ4v) is 1.95. The number of carbonyl (C=O) groups excluding carboxylic acids is 1. The summed E-state index contributed by atoms with van der Waals surface area (Å²) in [6.45, 7) is 0.307. The van der Waals surface area contributed by atoms with Crippen molar-refractivity contribution < 1.29 is 14.6 Å². The molecule has 0 spiro atoms. The van der Waals surface area contributed by atoms with Gasteiger partial charge in [0.25, 0.3) is 5.91 Å². The van der Waals surface area contributed by atoms with Crippen LogP contribution in [0.3, 0.4) is 0 Å². The molecule has 5 heteroatoms. The smallest absolute Gasteiger partial charge is 0.262 e. The van der Waals surface area contributed by atoms with Crippen molar-refractivity contribution in [2.45, 2.75) is 6.54 Å². The number of nitriles is 1. The van der Waals surface area contributed by atoms with Crippen LogP contribution in [0.15, 0.2) is 54.1 Å². The van der Waals surface area contributed by atoms with Crippen molar-refractivity contribution >= 4 is 12.0 Å². The van der Waals surface area contributed by atoms with E-state index in [9.17, 15) is 9.90 Å². The molecule has 2 aromatic carbocycles. The predicted octanol–water partition coefficient (Wildman–Crippen LogP) is 2.62. The second kappa shape index (κ2) is 7.66. The molecule has 0 aliphatic rings. The Balaban J connectivity index is 2.04. The van der Waals surface area contributed by atoms with Gasteiger partial charge in [-0.3, -0.25) is 4.79 Å². The first kappa shape index (κ1) is 16.1. The van der Waals surface area contributed by atoms with E-state index in [1.54, 1.807) is 31.4 Å². The average molecular weight is 308 g/mol. The number of phenolic OH excluding ortho intramolecular Hbond substituents is 1. The zero-order valence-electron chi connectivity index (χ0n) is 12.6. The van der Waals surface area contributed by atoms with E-state index in [0.717, 1.165) is 11.3 Å². The van der Waals surface area contributed by atoms with Crippen molar-refractivity contribution in [2.24, 2.45) is 0 Å². The van der Waals surface area contributed by atoms with Crippen LogP contribution < -0.4 is 10.1 Å². The number of nitrogens with zero attached hydrogens (tertiary/aromatic N) is 1. The number of ether oxygens (including phenoxy) is 1. The maximum atomic E-state index is 12.1. The highest BCUT2D eigenvalue weighted by Gasteiger charge is 2.09. The second-order valence-electron chi connectivity index (χ2n) is 4.80. The van der Waals surface area contributed by atoms with Gasteiger partial charge in [-0.25, -0.2) is 0 Å². The summed E-state index contributed by atoms with van der Waals surface area (Å²) in [7, 11) is 1.59. The lowest BCUT2D eigenvalue weighted by molar-refractivity contribution is -0.117. The number of benzene rings is 2. The quantitative estimate of drug-likeness (QED) is 0.657. The van der Waals surface area contributed by atoms with Gasteiger partial charge in [-0.2, -0.15) is 5.26 Å². The van der Waals surface area contributed by atoms with Crippen molar-refractivity contribution in [3.63, 3.8) is 0 Å². The Labute approximate surface area is 134 Å². The fourth-order valence-electron chi connectivity index (χ4n) is 1.95. The van der Waals surface area contributed by atoms with E-state index in [-0.39, 0.29) is 11.3 Å². The molecule has 0 fully saturated rings. The Morgan fingerprint density at radius 2 is 2.04 bits per heavy atom. The van der Waals surface area contributed by atoms with Crippen LogP contribution >= 0.6 is 0 Å². The van der Waals surface area contributed by atoms with Gasteiger partial charge < -0.3 is 15.2 Å². The number of methoxy groups -OCH3 is 1. The van der Waals surface area contributed by atoms with Crippen LogP contribution in [0.25, 0.3) is 6.08 Å². The summed E-state index contributed by atoms with van der Waals surface area (Å²) < 4.78 is 5.07. The van der Waals surface area contributed by atoms with E-state index in [4.69, 9.17) is 10.00 Å². The number of hydrogen-bond acceptors (Lipinski definition) is 4. The molecule has 116 valence electrons. The highest BCUT2D eigenvalue weighted by molar-refractivity contribution is 6.01. The molecule has 0 bridgehead atoms. The lowest BCUT2D eigenvalue weighted by Gasteiger charge is -2.06. The molecule has 2 rings (SSSR count). The summed E-state index contributed by atoms with van der Waals surface area (Å²) in [5.41, 5.74) is 1.46. The van der Waals surface area contributed by atoms with Gasteiger partial charge in [-0.05, 0) is 41.5 Å². The molecular weight excluding hydrogens is 292 g/mol. The zero-order valence-corrected chi connectivity index (χ0v) is 12.6. The van der Waals surface area contributed by atoms with Crippen molar-refractivity contribution in [2.75, 3.05) is 7.11 Å². The SMILES string of the molecule is COc1ccc(CNC(=O)/C(C#N)=C\c2cccc(O)c2)cc1. The van der Waals surface area contributed by atoms with Crippen molar-refractivity contribution in [1.82, 2.24) is 5.32 Å². The van der Waals surface area contributed by atoms with Gasteiger partial charge in [0, 0.05) is 6.54 Å². The van der Waals surface area contributed by atoms with Crippen LogP contribution in [0, 0.1) is 11.3 Å². The maximum Gasteiger partial charge on any atom is 0.262 e. The summed E-state index contributed by atoms with van der Waals surface area (Å²) in [4.78, 5) is 12.1. The first-order chi connectivity index (χ1) is 11.1. The van der Waals surface area contributed by atoms with E-state index in [2.05, 4.69) is 5.32 Å². The summed E-state index contributed by atoms with van der Waals surface area (Å²) in [5.74, 6) is 0.350. The van der Waals surface area contributed by atoms with Crippen molar-refractivity contribution in [3.05, 3.63) is 65.2 Å². The normalized spacial score (nSPS) is 10.7. The maximum absolute atomic E-state index is 12.1. The fraction of sp³-hybridized carbons (Fsp3) is 0.111. The number of carbonyl (C=O) groups is 1. The molecule has 0 radical (unpaired) electrons. The predicted molar refractivity (Wildman–Crippen MR) is 86.5 cm³/mol. The first-order valence-corrected chi connectivity index (χ1v) is 6.94. The van der Waals surface area contributed by atoms with Gasteiger partial charge in [0.05, 0.1) is 7.11 Å². The Bertz CT molecular complexity index is 759. The third-order valence-electron chi connectivity index (χ3n) is 3.16.